The summed E-state index contributed by atoms with van der Waals surface area (Å²) in [7, 11) is 7.22. The highest BCUT2D eigenvalue weighted by molar-refractivity contribution is 6.01. The van der Waals surface area contributed by atoms with E-state index >= 15 is 24.0 Å². The minimum absolute atomic E-state index is 0.0172. The van der Waals surface area contributed by atoms with E-state index in [1.165, 1.54) is 61.6 Å². The van der Waals surface area contributed by atoms with Gasteiger partial charge in [0, 0.05) is 67.7 Å². The molecule has 2 heterocycles. The second-order valence-electron chi connectivity index (χ2n) is 34.0. The first-order valence-electron chi connectivity index (χ1n) is 42.0. The third kappa shape index (κ3) is 28.8. The van der Waals surface area contributed by atoms with E-state index in [-0.39, 0.29) is 92.9 Å². The molecule has 5 rings (SSSR count). The molecule has 9 N–H and O–H groups in total. The van der Waals surface area contributed by atoms with Gasteiger partial charge in [-0.05, 0) is 124 Å². The summed E-state index contributed by atoms with van der Waals surface area (Å²) >= 11 is 0. The number of rotatable bonds is 44. The number of carbonyl (C=O) groups excluding carboxylic acids is 14. The number of aliphatic hydroxyl groups is 1. The fourth-order valence-corrected chi connectivity index (χ4v) is 14.9. The van der Waals surface area contributed by atoms with Crippen molar-refractivity contribution in [3.05, 3.63) is 108 Å². The number of likely N-dealkylation sites (tertiary alicyclic amines) is 2. The van der Waals surface area contributed by atoms with Crippen molar-refractivity contribution in [3.8, 4) is 0 Å². The van der Waals surface area contributed by atoms with Crippen molar-refractivity contribution in [3.63, 3.8) is 0 Å². The van der Waals surface area contributed by atoms with Crippen molar-refractivity contribution in [2.24, 2.45) is 41.2 Å². The van der Waals surface area contributed by atoms with Crippen molar-refractivity contribution in [1.29, 1.82) is 0 Å². The van der Waals surface area contributed by atoms with Gasteiger partial charge in [0.1, 0.15) is 72.5 Å². The van der Waals surface area contributed by atoms with Crippen LogP contribution in [0.1, 0.15) is 191 Å². The number of nitrogens with one attached hydrogen (secondary N) is 6. The molecule has 0 spiro atoms. The fraction of sp³-hybridized carbons (Fsp3) is 0.636. The normalized spacial score (nSPS) is 17.2. The summed E-state index contributed by atoms with van der Waals surface area (Å²) in [4.78, 5) is 214. The Morgan fingerprint density at radius 1 is 0.419 bits per heavy atom. The molecule has 15 atom stereocenters. The molecule has 3 aromatic rings. The summed E-state index contributed by atoms with van der Waals surface area (Å²) in [6.45, 7) is 26.0. The van der Waals surface area contributed by atoms with Gasteiger partial charge in [0.2, 0.25) is 82.7 Å². The van der Waals surface area contributed by atoms with Crippen LogP contribution in [0.4, 0.5) is 0 Å². The molecule has 0 saturated carbocycles. The Balaban J connectivity index is 1.41. The number of benzene rings is 3. The molecule has 2 aliphatic rings. The zero-order valence-corrected chi connectivity index (χ0v) is 72.7. The van der Waals surface area contributed by atoms with E-state index in [9.17, 15) is 48.3 Å². The highest BCUT2D eigenvalue weighted by Gasteiger charge is 2.46. The fourth-order valence-electron chi connectivity index (χ4n) is 14.9. The van der Waals surface area contributed by atoms with Crippen LogP contribution in [0.5, 0.6) is 0 Å². The molecule has 2 aliphatic heterocycles. The lowest BCUT2D eigenvalue weighted by Gasteiger charge is -2.37. The van der Waals surface area contributed by atoms with E-state index in [0.717, 1.165) is 34.6 Å². The van der Waals surface area contributed by atoms with Crippen LogP contribution in [-0.2, 0) is 86.4 Å². The lowest BCUT2D eigenvalue weighted by atomic mass is 9.95. The van der Waals surface area contributed by atoms with Crippen LogP contribution in [0.2, 0.25) is 0 Å². The number of likely N-dealkylation sites (N-methyl/N-ethyl adjacent to an activating group) is 5. The van der Waals surface area contributed by atoms with Gasteiger partial charge < -0.3 is 77.0 Å². The van der Waals surface area contributed by atoms with Gasteiger partial charge in [0.05, 0.1) is 18.9 Å². The summed E-state index contributed by atoms with van der Waals surface area (Å²) in [6.07, 6.45) is 1.96. The van der Waals surface area contributed by atoms with Gasteiger partial charge in [0.25, 0.3) is 0 Å². The average molecular weight is 1630 g/mol. The van der Waals surface area contributed by atoms with Gasteiger partial charge in [-0.25, -0.2) is 0 Å². The van der Waals surface area contributed by atoms with Gasteiger partial charge in [-0.3, -0.25) is 67.1 Å². The number of nitrogens with two attached hydrogens (primary N) is 1. The van der Waals surface area contributed by atoms with Crippen LogP contribution in [0.3, 0.4) is 0 Å². The maximum absolute atomic E-state index is 15.4. The minimum Gasteiger partial charge on any atom is -0.391 e. The van der Waals surface area contributed by atoms with Crippen molar-refractivity contribution >= 4 is 82.7 Å². The monoisotopic (exact) mass is 1630 g/mol. The minimum atomic E-state index is -1.77. The Kier molecular flexibility index (Phi) is 39.2. The second kappa shape index (κ2) is 47.0. The number of nitrogens with zero attached hydrogens (tertiary/aromatic N) is 7. The van der Waals surface area contributed by atoms with E-state index in [4.69, 9.17) is 5.73 Å². The van der Waals surface area contributed by atoms with Gasteiger partial charge in [-0.2, -0.15) is 0 Å². The van der Waals surface area contributed by atoms with E-state index in [1.54, 1.807) is 87.3 Å². The van der Waals surface area contributed by atoms with Gasteiger partial charge in [0.15, 0.2) is 0 Å². The lowest BCUT2D eigenvalue weighted by Crippen LogP contribution is -2.63. The summed E-state index contributed by atoms with van der Waals surface area (Å²) in [5.74, 6) is -11.3. The molecule has 0 aromatic heterocycles. The number of hydrogen-bond acceptors (Lipinski definition) is 15. The molecule has 648 valence electrons. The topological polar surface area (TPSA) is 380 Å². The van der Waals surface area contributed by atoms with E-state index in [2.05, 4.69) is 31.9 Å². The Hall–Kier alpha value is -9.80. The largest absolute Gasteiger partial charge is 0.391 e. The van der Waals surface area contributed by atoms with E-state index in [0.29, 0.717) is 49.9 Å². The standard InChI is InChI=1S/C88H136N14O15/c1-20-57(11)74(87(116)101-42-32-25-33-43-101)93-82(111)70(50-62-37-28-23-29-38-62)99(18)85(114)66(52-73(105)96(15)59(13)77(89)106)91-78(107)64(45-53(3)4)90-83(112)76(60(14)103)95-79(108)67-41-34-44-102(67)88(117)75(58(12)21-2)94-81(110)69(47-55(7)8)98(17)84(113)65(49-61-35-26-22-27-36-61)92-80(109)68(46-54(5)6)100(19)86(115)71(48-56(9)10)97(16)72(104)51-63-39-30-24-31-40-63/h22-24,26-31,35-40,53-60,64-71,74-76,103H,20-21,25,32-34,41-52H2,1-19H3,(H2,89,106)(H,90,112)(H,91,107)(H,92,109)(H,93,111)(H,94,110)(H,95,108)/t57-,58-,59-,60+,64+,65+,66-,67-,68-,69-,70-,71-,74-,75-,76+/m0/s1. The van der Waals surface area contributed by atoms with E-state index < -0.39 is 162 Å². The molecule has 0 radical (unpaired) electrons. The van der Waals surface area contributed by atoms with Gasteiger partial charge >= 0.3 is 0 Å². The molecular weight excluding hydrogens is 1490 g/mol. The highest BCUT2D eigenvalue weighted by Crippen LogP contribution is 2.27. The number of carbonyl (C=O) groups is 14. The molecule has 0 aliphatic carbocycles. The number of aliphatic hydroxyl groups excluding tert-OH is 1. The van der Waals surface area contributed by atoms with Gasteiger partial charge in [-0.15, -0.1) is 0 Å². The Morgan fingerprint density at radius 3 is 1.33 bits per heavy atom. The maximum atomic E-state index is 15.4. The molecule has 29 nitrogen and oxygen atoms in total. The number of piperidine rings is 1. The third-order valence-electron chi connectivity index (χ3n) is 22.8. The maximum Gasteiger partial charge on any atom is 0.246 e. The summed E-state index contributed by atoms with van der Waals surface area (Å²) in [5, 5.41) is 28.3. The number of amides is 14. The third-order valence-corrected chi connectivity index (χ3v) is 22.8. The van der Waals surface area contributed by atoms with Crippen LogP contribution in [0.25, 0.3) is 0 Å². The van der Waals surface area contributed by atoms with Crippen molar-refractivity contribution in [2.75, 3.05) is 54.9 Å². The highest BCUT2D eigenvalue weighted by atomic mass is 16.3. The van der Waals surface area contributed by atoms with Gasteiger partial charge in [-0.1, -0.05) is 187 Å². The predicted octanol–water partition coefficient (Wildman–Crippen LogP) is 5.31. The van der Waals surface area contributed by atoms with Crippen molar-refractivity contribution in [1.82, 2.24) is 66.2 Å². The zero-order valence-electron chi connectivity index (χ0n) is 72.7. The average Bonchev–Trinajstić information content (AvgIpc) is 1.18. The van der Waals surface area contributed by atoms with Crippen molar-refractivity contribution < 1.29 is 72.2 Å². The van der Waals surface area contributed by atoms with Crippen LogP contribution in [0, 0.1) is 35.5 Å². The smallest absolute Gasteiger partial charge is 0.246 e. The molecule has 2 saturated heterocycles. The summed E-state index contributed by atoms with van der Waals surface area (Å²) in [5.41, 5.74) is 7.71. The summed E-state index contributed by atoms with van der Waals surface area (Å²) < 4.78 is 0. The first kappa shape index (κ1) is 97.8. The van der Waals surface area contributed by atoms with E-state index in [1.807, 2.05) is 98.7 Å². The van der Waals surface area contributed by atoms with Crippen molar-refractivity contribution in [2.45, 2.75) is 272 Å². The Morgan fingerprint density at radius 2 is 0.846 bits per heavy atom. The molecule has 117 heavy (non-hydrogen) atoms. The van der Waals surface area contributed by atoms with Crippen LogP contribution >= 0.6 is 0 Å². The molecule has 3 aromatic carbocycles. The SMILES string of the molecule is CC[C@H](C)[C@H](NC(=O)[C@H](Cc1ccccc1)N(C)C(=O)[C@H](CC(=O)N(C)[C@@H](C)C(N)=O)NC(=O)[C@@H](CC(C)C)NC(=O)[C@H](NC(=O)[C@@H]1CCCN1C(=O)[C@@H](NC(=O)[C@H](CC(C)C)N(C)C(=O)[C@@H](Cc1ccccc1)NC(=O)[C@H](CC(C)C)N(C)C(=O)[C@H](CC(C)C)N(C)C(=O)Cc1ccccc1)[C@@H](C)CC)[C@@H](C)O)C(=O)N1CCCCC1. The Bertz CT molecular complexity index is 3800. The predicted molar refractivity (Wildman–Crippen MR) is 448 cm³/mol. The summed E-state index contributed by atoms with van der Waals surface area (Å²) in [6, 6.07) is 11.4. The first-order chi connectivity index (χ1) is 55.1. The number of primary amides is 1. The second-order valence-corrected chi connectivity index (χ2v) is 34.0. The quantitative estimate of drug-likeness (QED) is 0.0355. The number of hydrogen-bond donors (Lipinski definition) is 8. The molecule has 2 fully saturated rings. The molecule has 0 unspecified atom stereocenters. The molecule has 14 amide bonds. The Labute approximate surface area is 693 Å². The van der Waals surface area contributed by atoms with Crippen LogP contribution in [0.15, 0.2) is 91.0 Å². The lowest BCUT2D eigenvalue weighted by molar-refractivity contribution is -0.149. The molecular formula is C88H136N14O15. The first-order valence-corrected chi connectivity index (χ1v) is 42.0. The van der Waals surface area contributed by atoms with Crippen LogP contribution < -0.4 is 37.6 Å². The molecule has 0 bridgehead atoms. The zero-order chi connectivity index (χ0) is 87.4. The van der Waals surface area contributed by atoms with Crippen LogP contribution in [-0.4, -0.2) is 256 Å². The molecule has 29 heteroatoms.